The van der Waals surface area contributed by atoms with E-state index >= 15 is 0 Å². The highest BCUT2D eigenvalue weighted by Crippen LogP contribution is 2.22. The molecule has 5 heteroatoms. The van der Waals surface area contributed by atoms with E-state index in [2.05, 4.69) is 5.10 Å². The zero-order valence-electron chi connectivity index (χ0n) is 9.40. The van der Waals surface area contributed by atoms with Crippen molar-refractivity contribution < 1.29 is 4.39 Å². The van der Waals surface area contributed by atoms with Gasteiger partial charge in [-0.05, 0) is 31.2 Å². The Bertz CT molecular complexity index is 502. The highest BCUT2D eigenvalue weighted by Gasteiger charge is 2.06. The third-order valence-electron chi connectivity index (χ3n) is 2.27. The zero-order chi connectivity index (χ0) is 12.4. The number of aromatic nitrogens is 2. The molecule has 1 unspecified atom stereocenters. The summed E-state index contributed by atoms with van der Waals surface area (Å²) in [6.07, 6.45) is 1.82. The number of nitrogens with two attached hydrogens (primary N) is 1. The number of benzene rings is 1. The minimum Gasteiger partial charge on any atom is -0.326 e. The number of rotatable bonds is 3. The lowest BCUT2D eigenvalue weighted by molar-refractivity contribution is 0.540. The largest absolute Gasteiger partial charge is 0.326 e. The van der Waals surface area contributed by atoms with Crippen LogP contribution in [0.1, 0.15) is 6.92 Å². The molecule has 17 heavy (non-hydrogen) atoms. The van der Waals surface area contributed by atoms with Crippen molar-refractivity contribution in [2.75, 3.05) is 0 Å². The van der Waals surface area contributed by atoms with E-state index in [1.807, 2.05) is 19.2 Å². The molecule has 0 fully saturated rings. The molecule has 1 atom stereocenters. The average Bonchev–Trinajstić information content (AvgIpc) is 2.63. The topological polar surface area (TPSA) is 43.8 Å². The van der Waals surface area contributed by atoms with Gasteiger partial charge in [0.05, 0.1) is 12.2 Å². The summed E-state index contributed by atoms with van der Waals surface area (Å²) in [7, 11) is 0. The van der Waals surface area contributed by atoms with E-state index in [4.69, 9.17) is 17.3 Å². The maximum Gasteiger partial charge on any atom is 0.125 e. The number of nitrogens with zero attached hydrogens (tertiary/aromatic N) is 2. The summed E-state index contributed by atoms with van der Waals surface area (Å²) in [5.41, 5.74) is 7.03. The summed E-state index contributed by atoms with van der Waals surface area (Å²) in [6, 6.07) is 6.20. The molecule has 0 radical (unpaired) electrons. The van der Waals surface area contributed by atoms with Gasteiger partial charge in [-0.1, -0.05) is 11.6 Å². The van der Waals surface area contributed by atoms with E-state index in [-0.39, 0.29) is 11.9 Å². The molecule has 0 aliphatic heterocycles. The lowest BCUT2D eigenvalue weighted by atomic mass is 10.1. The minimum absolute atomic E-state index is 0.0267. The van der Waals surface area contributed by atoms with Gasteiger partial charge in [0.15, 0.2) is 0 Å². The van der Waals surface area contributed by atoms with Crippen LogP contribution in [0.3, 0.4) is 0 Å². The summed E-state index contributed by atoms with van der Waals surface area (Å²) >= 11 is 5.80. The van der Waals surface area contributed by atoms with E-state index in [1.165, 1.54) is 12.1 Å². The Morgan fingerprint density at radius 1 is 1.47 bits per heavy atom. The fraction of sp³-hybridized carbons (Fsp3) is 0.250. The van der Waals surface area contributed by atoms with Crippen LogP contribution in [0.4, 0.5) is 4.39 Å². The Balaban J connectivity index is 2.30. The van der Waals surface area contributed by atoms with Gasteiger partial charge in [0.1, 0.15) is 5.82 Å². The molecule has 0 bridgehead atoms. The van der Waals surface area contributed by atoms with Gasteiger partial charge in [-0.25, -0.2) is 4.39 Å². The summed E-state index contributed by atoms with van der Waals surface area (Å²) < 4.78 is 14.9. The Morgan fingerprint density at radius 3 is 2.88 bits per heavy atom. The Labute approximate surface area is 104 Å². The number of halogens is 2. The first-order valence-corrected chi connectivity index (χ1v) is 5.68. The summed E-state index contributed by atoms with van der Waals surface area (Å²) in [5.74, 6) is -0.366. The molecule has 3 nitrogen and oxygen atoms in total. The number of hydrogen-bond acceptors (Lipinski definition) is 2. The first-order chi connectivity index (χ1) is 8.04. The second-order valence-electron chi connectivity index (χ2n) is 4.06. The molecular formula is C12H13ClFN3. The van der Waals surface area contributed by atoms with Crippen LogP contribution >= 0.6 is 11.6 Å². The molecule has 2 aromatic rings. The SMILES string of the molecule is CC(N)Cn1ccc(-c2cc(F)cc(Cl)c2)n1. The van der Waals surface area contributed by atoms with E-state index in [1.54, 1.807) is 10.7 Å². The van der Waals surface area contributed by atoms with Crippen LogP contribution in [0, 0.1) is 5.82 Å². The molecule has 1 aromatic heterocycles. The highest BCUT2D eigenvalue weighted by molar-refractivity contribution is 6.30. The standard InChI is InChI=1S/C12H13ClFN3/c1-8(15)7-17-3-2-12(16-17)9-4-10(13)6-11(14)5-9/h2-6,8H,7,15H2,1H3. The van der Waals surface area contributed by atoms with Crippen LogP contribution in [-0.4, -0.2) is 15.8 Å². The molecule has 1 aromatic carbocycles. The predicted octanol–water partition coefficient (Wildman–Crippen LogP) is 2.69. The Morgan fingerprint density at radius 2 is 2.24 bits per heavy atom. The second-order valence-corrected chi connectivity index (χ2v) is 4.49. The van der Waals surface area contributed by atoms with Crippen molar-refractivity contribution in [3.8, 4) is 11.3 Å². The van der Waals surface area contributed by atoms with Crippen LogP contribution in [0.5, 0.6) is 0 Å². The molecular weight excluding hydrogens is 241 g/mol. The lowest BCUT2D eigenvalue weighted by Gasteiger charge is -2.04. The van der Waals surface area contributed by atoms with Crippen molar-refractivity contribution >= 4 is 11.6 Å². The molecule has 1 heterocycles. The monoisotopic (exact) mass is 253 g/mol. The van der Waals surface area contributed by atoms with Gasteiger partial charge in [0, 0.05) is 22.8 Å². The van der Waals surface area contributed by atoms with E-state index in [0.717, 1.165) is 0 Å². The maximum absolute atomic E-state index is 13.2. The van der Waals surface area contributed by atoms with Crippen LogP contribution in [0.25, 0.3) is 11.3 Å². The van der Waals surface area contributed by atoms with Crippen LogP contribution in [0.15, 0.2) is 30.5 Å². The zero-order valence-corrected chi connectivity index (χ0v) is 10.2. The van der Waals surface area contributed by atoms with Crippen molar-refractivity contribution in [1.29, 1.82) is 0 Å². The molecule has 0 saturated heterocycles. The van der Waals surface area contributed by atoms with Gasteiger partial charge >= 0.3 is 0 Å². The van der Waals surface area contributed by atoms with Crippen LogP contribution < -0.4 is 5.73 Å². The fourth-order valence-electron chi connectivity index (χ4n) is 1.61. The average molecular weight is 254 g/mol. The minimum atomic E-state index is -0.366. The normalized spacial score (nSPS) is 12.7. The molecule has 0 amide bonds. The first-order valence-electron chi connectivity index (χ1n) is 5.30. The summed E-state index contributed by atoms with van der Waals surface area (Å²) in [5, 5.41) is 4.68. The van der Waals surface area contributed by atoms with Gasteiger partial charge in [-0.15, -0.1) is 0 Å². The van der Waals surface area contributed by atoms with E-state index < -0.39 is 0 Å². The fourth-order valence-corrected chi connectivity index (χ4v) is 1.84. The van der Waals surface area contributed by atoms with Crippen LogP contribution in [-0.2, 0) is 6.54 Å². The van der Waals surface area contributed by atoms with Gasteiger partial charge in [0.2, 0.25) is 0 Å². The Hall–Kier alpha value is -1.39. The smallest absolute Gasteiger partial charge is 0.125 e. The van der Waals surface area contributed by atoms with Crippen molar-refractivity contribution in [3.05, 3.63) is 41.3 Å². The van der Waals surface area contributed by atoms with Crippen molar-refractivity contribution in [3.63, 3.8) is 0 Å². The van der Waals surface area contributed by atoms with Crippen molar-refractivity contribution in [2.24, 2.45) is 5.73 Å². The van der Waals surface area contributed by atoms with E-state index in [0.29, 0.717) is 22.8 Å². The quantitative estimate of drug-likeness (QED) is 0.914. The number of hydrogen-bond donors (Lipinski definition) is 1. The van der Waals surface area contributed by atoms with Gasteiger partial charge < -0.3 is 5.73 Å². The molecule has 0 aliphatic carbocycles. The summed E-state index contributed by atoms with van der Waals surface area (Å²) in [6.45, 7) is 2.53. The van der Waals surface area contributed by atoms with Gasteiger partial charge in [0.25, 0.3) is 0 Å². The van der Waals surface area contributed by atoms with Crippen molar-refractivity contribution in [1.82, 2.24) is 9.78 Å². The molecule has 0 saturated carbocycles. The van der Waals surface area contributed by atoms with Crippen LogP contribution in [0.2, 0.25) is 5.02 Å². The van der Waals surface area contributed by atoms with Gasteiger partial charge in [-0.2, -0.15) is 5.10 Å². The van der Waals surface area contributed by atoms with Gasteiger partial charge in [-0.3, -0.25) is 4.68 Å². The molecule has 0 spiro atoms. The maximum atomic E-state index is 13.2. The predicted molar refractivity (Wildman–Crippen MR) is 66.3 cm³/mol. The highest BCUT2D eigenvalue weighted by atomic mass is 35.5. The molecule has 2 N–H and O–H groups in total. The second kappa shape index (κ2) is 4.85. The molecule has 0 aliphatic rings. The first kappa shape index (κ1) is 12.1. The van der Waals surface area contributed by atoms with E-state index in [9.17, 15) is 4.39 Å². The third-order valence-corrected chi connectivity index (χ3v) is 2.49. The molecule has 90 valence electrons. The Kier molecular flexibility index (Phi) is 3.45. The van der Waals surface area contributed by atoms with Crippen molar-refractivity contribution in [2.45, 2.75) is 19.5 Å². The summed E-state index contributed by atoms with van der Waals surface area (Å²) in [4.78, 5) is 0. The lowest BCUT2D eigenvalue weighted by Crippen LogP contribution is -2.22. The third kappa shape index (κ3) is 3.05. The molecule has 2 rings (SSSR count).